The molecule has 1 aliphatic heterocycles. The molecule has 19 heavy (non-hydrogen) atoms. The third-order valence-corrected chi connectivity index (χ3v) is 5.20. The van der Waals surface area contributed by atoms with Crippen LogP contribution in [0.15, 0.2) is 42.5 Å². The first-order chi connectivity index (χ1) is 9.14. The fourth-order valence-corrected chi connectivity index (χ4v) is 4.14. The smallest absolute Gasteiger partial charge is 0.411 e. The van der Waals surface area contributed by atoms with Gasteiger partial charge in [0.2, 0.25) is 0 Å². The molecular weight excluding hydrogens is 283 g/mol. The van der Waals surface area contributed by atoms with E-state index in [-0.39, 0.29) is 0 Å². The Morgan fingerprint density at radius 3 is 2.79 bits per heavy atom. The van der Waals surface area contributed by atoms with Crippen LogP contribution in [0.4, 0.5) is 0 Å². The highest BCUT2D eigenvalue weighted by molar-refractivity contribution is 7.63. The Morgan fingerprint density at radius 2 is 2.00 bits per heavy atom. The zero-order valence-corrected chi connectivity index (χ0v) is 11.9. The highest BCUT2D eigenvalue weighted by atomic mass is 35.5. The second-order valence-corrected chi connectivity index (χ2v) is 6.52. The Balaban J connectivity index is 2.26. The normalized spacial score (nSPS) is 20.3. The fraction of sp³-hybridized carbons (Fsp3) is 0.143. The van der Waals surface area contributed by atoms with Gasteiger partial charge in [-0.1, -0.05) is 29.8 Å². The standard InChI is InChI=1S/C14H12ClO3P/c1-2-17-19(16)14-6-4-3-5-12(14)11-8-7-10(15)9-13(11)18-19/h3-9H,2H2,1H3. The monoisotopic (exact) mass is 294 g/mol. The zero-order valence-electron chi connectivity index (χ0n) is 10.3. The Bertz CT molecular complexity index is 684. The number of hydrogen-bond acceptors (Lipinski definition) is 3. The molecule has 0 amide bonds. The van der Waals surface area contributed by atoms with Crippen LogP contribution >= 0.6 is 19.2 Å². The summed E-state index contributed by atoms with van der Waals surface area (Å²) in [6.45, 7) is 2.11. The molecule has 0 aliphatic carbocycles. The van der Waals surface area contributed by atoms with Gasteiger partial charge in [-0.15, -0.1) is 0 Å². The number of benzene rings is 2. The van der Waals surface area contributed by atoms with Gasteiger partial charge in [0.05, 0.1) is 11.9 Å². The van der Waals surface area contributed by atoms with E-state index in [1.807, 2.05) is 24.3 Å². The Hall–Kier alpha value is -1.28. The number of halogens is 1. The molecule has 0 saturated carbocycles. The topological polar surface area (TPSA) is 35.5 Å². The molecule has 3 rings (SSSR count). The molecule has 1 aliphatic rings. The van der Waals surface area contributed by atoms with Crippen LogP contribution in [0, 0.1) is 0 Å². The molecule has 5 heteroatoms. The van der Waals surface area contributed by atoms with Crippen LogP contribution in [0.3, 0.4) is 0 Å². The molecular formula is C14H12ClO3P. The van der Waals surface area contributed by atoms with Crippen LogP contribution in [0.5, 0.6) is 5.75 Å². The molecule has 3 nitrogen and oxygen atoms in total. The molecule has 0 aromatic heterocycles. The molecule has 2 aromatic rings. The summed E-state index contributed by atoms with van der Waals surface area (Å²) in [4.78, 5) is 0. The minimum absolute atomic E-state index is 0.321. The lowest BCUT2D eigenvalue weighted by Gasteiger charge is -2.27. The van der Waals surface area contributed by atoms with E-state index in [2.05, 4.69) is 0 Å². The van der Waals surface area contributed by atoms with Crippen LogP contribution in [0.25, 0.3) is 11.1 Å². The quantitative estimate of drug-likeness (QED) is 0.777. The van der Waals surface area contributed by atoms with Gasteiger partial charge >= 0.3 is 7.60 Å². The summed E-state index contributed by atoms with van der Waals surface area (Å²) in [5.74, 6) is 0.503. The molecule has 2 aromatic carbocycles. The highest BCUT2D eigenvalue weighted by Crippen LogP contribution is 2.55. The van der Waals surface area contributed by atoms with Crippen molar-refractivity contribution < 1.29 is 13.6 Å². The highest BCUT2D eigenvalue weighted by Gasteiger charge is 2.37. The van der Waals surface area contributed by atoms with Crippen LogP contribution < -0.4 is 9.83 Å². The van der Waals surface area contributed by atoms with Crippen LogP contribution in [0.1, 0.15) is 6.92 Å². The van der Waals surface area contributed by atoms with Crippen molar-refractivity contribution in [2.75, 3.05) is 6.61 Å². The first-order valence-electron chi connectivity index (χ1n) is 5.98. The minimum Gasteiger partial charge on any atom is -0.420 e. The van der Waals surface area contributed by atoms with Gasteiger partial charge in [-0.2, -0.15) is 0 Å². The molecule has 1 heterocycles. The van der Waals surface area contributed by atoms with E-state index < -0.39 is 7.60 Å². The van der Waals surface area contributed by atoms with Gasteiger partial charge in [0.15, 0.2) is 0 Å². The zero-order chi connectivity index (χ0) is 13.5. The summed E-state index contributed by atoms with van der Waals surface area (Å²) in [7, 11) is -3.31. The first kappa shape index (κ1) is 12.7. The van der Waals surface area contributed by atoms with Gasteiger partial charge < -0.3 is 4.52 Å². The average Bonchev–Trinajstić information content (AvgIpc) is 2.39. The molecule has 0 radical (unpaired) electrons. The second-order valence-electron chi connectivity index (χ2n) is 4.16. The van der Waals surface area contributed by atoms with Crippen LogP contribution in [0.2, 0.25) is 5.02 Å². The lowest BCUT2D eigenvalue weighted by Crippen LogP contribution is -2.19. The summed E-state index contributed by atoms with van der Waals surface area (Å²) >= 11 is 5.96. The second kappa shape index (κ2) is 4.68. The number of rotatable bonds is 2. The van der Waals surface area contributed by atoms with Crippen molar-refractivity contribution in [1.82, 2.24) is 0 Å². The third kappa shape index (κ3) is 2.08. The molecule has 0 bridgehead atoms. The summed E-state index contributed by atoms with van der Waals surface area (Å²) in [5.41, 5.74) is 1.75. The van der Waals surface area contributed by atoms with Crippen LogP contribution in [-0.4, -0.2) is 6.61 Å². The maximum absolute atomic E-state index is 12.8. The van der Waals surface area contributed by atoms with Crippen molar-refractivity contribution in [3.05, 3.63) is 47.5 Å². The van der Waals surface area contributed by atoms with Crippen molar-refractivity contribution in [2.24, 2.45) is 0 Å². The molecule has 0 fully saturated rings. The molecule has 1 unspecified atom stereocenters. The van der Waals surface area contributed by atoms with E-state index in [9.17, 15) is 4.57 Å². The van der Waals surface area contributed by atoms with Gasteiger partial charge in [0.1, 0.15) is 5.75 Å². The minimum atomic E-state index is -3.31. The largest absolute Gasteiger partial charge is 0.420 e. The van der Waals surface area contributed by atoms with Crippen molar-refractivity contribution in [3.8, 4) is 16.9 Å². The van der Waals surface area contributed by atoms with E-state index in [4.69, 9.17) is 20.6 Å². The van der Waals surface area contributed by atoms with E-state index in [0.717, 1.165) is 11.1 Å². The average molecular weight is 295 g/mol. The molecule has 98 valence electrons. The fourth-order valence-electron chi connectivity index (χ4n) is 2.18. The van der Waals surface area contributed by atoms with E-state index in [1.54, 1.807) is 25.1 Å². The van der Waals surface area contributed by atoms with Gasteiger partial charge in [0, 0.05) is 16.1 Å². The predicted molar refractivity (Wildman–Crippen MR) is 76.4 cm³/mol. The predicted octanol–water partition coefficient (Wildman–Crippen LogP) is 4.25. The number of fused-ring (bicyclic) bond motifs is 3. The Morgan fingerprint density at radius 1 is 1.21 bits per heavy atom. The van der Waals surface area contributed by atoms with Gasteiger partial charge in [-0.25, -0.2) is 4.57 Å². The Labute approximate surface area is 116 Å². The summed E-state index contributed by atoms with van der Waals surface area (Å²) in [5, 5.41) is 1.15. The molecule has 0 saturated heterocycles. The van der Waals surface area contributed by atoms with Gasteiger partial charge in [0.25, 0.3) is 0 Å². The molecule has 0 N–H and O–H groups in total. The lowest BCUT2D eigenvalue weighted by molar-refractivity contribution is 0.288. The summed E-state index contributed by atoms with van der Waals surface area (Å²) in [6, 6.07) is 12.7. The third-order valence-electron chi connectivity index (χ3n) is 2.95. The van der Waals surface area contributed by atoms with Crippen molar-refractivity contribution in [3.63, 3.8) is 0 Å². The van der Waals surface area contributed by atoms with Crippen molar-refractivity contribution in [1.29, 1.82) is 0 Å². The maximum Gasteiger partial charge on any atom is 0.411 e. The van der Waals surface area contributed by atoms with E-state index >= 15 is 0 Å². The first-order valence-corrected chi connectivity index (χ1v) is 7.90. The van der Waals surface area contributed by atoms with Crippen molar-refractivity contribution >= 4 is 24.5 Å². The summed E-state index contributed by atoms with van der Waals surface area (Å²) < 4.78 is 23.8. The van der Waals surface area contributed by atoms with Crippen LogP contribution in [-0.2, 0) is 9.09 Å². The van der Waals surface area contributed by atoms with E-state index in [0.29, 0.717) is 22.7 Å². The lowest BCUT2D eigenvalue weighted by atomic mass is 10.0. The van der Waals surface area contributed by atoms with Gasteiger partial charge in [-0.05, 0) is 31.2 Å². The molecule has 0 spiro atoms. The number of hydrogen-bond donors (Lipinski definition) is 0. The maximum atomic E-state index is 12.8. The molecule has 1 atom stereocenters. The van der Waals surface area contributed by atoms with Gasteiger partial charge in [-0.3, -0.25) is 4.52 Å². The van der Waals surface area contributed by atoms with Crippen molar-refractivity contribution in [2.45, 2.75) is 6.92 Å². The summed E-state index contributed by atoms with van der Waals surface area (Å²) in [6.07, 6.45) is 0. The van der Waals surface area contributed by atoms with E-state index in [1.165, 1.54) is 0 Å². The SMILES string of the molecule is CCOP1(=O)Oc2cc(Cl)ccc2-c2ccccc21. The Kier molecular flexibility index (Phi) is 3.14.